The van der Waals surface area contributed by atoms with Crippen LogP contribution >= 0.6 is 27.5 Å². The minimum absolute atomic E-state index is 0.0337. The molecule has 1 amide bonds. The largest absolute Gasteiger partial charge is 0.339 e. The van der Waals surface area contributed by atoms with Gasteiger partial charge in [0.15, 0.2) is 0 Å². The highest BCUT2D eigenvalue weighted by Gasteiger charge is 2.17. The van der Waals surface area contributed by atoms with Gasteiger partial charge in [-0.15, -0.1) is 0 Å². The maximum Gasteiger partial charge on any atom is 0.255 e. The molecule has 1 aromatic rings. The molecule has 0 bridgehead atoms. The molecule has 1 rings (SSSR count). The van der Waals surface area contributed by atoms with Crippen molar-refractivity contribution in [2.24, 2.45) is 0 Å². The molecule has 21 heavy (non-hydrogen) atoms. The zero-order valence-electron chi connectivity index (χ0n) is 13.0. The first kappa shape index (κ1) is 18.5. The fraction of sp³-hybridized carbons (Fsp3) is 0.562. The summed E-state index contributed by atoms with van der Waals surface area (Å²) in [4.78, 5) is 16.8. The van der Waals surface area contributed by atoms with Crippen LogP contribution in [0, 0.1) is 0 Å². The van der Waals surface area contributed by atoms with Gasteiger partial charge in [0.2, 0.25) is 0 Å². The molecule has 0 aliphatic rings. The van der Waals surface area contributed by atoms with Crippen LogP contribution in [-0.2, 0) is 0 Å². The summed E-state index contributed by atoms with van der Waals surface area (Å²) in [6.07, 6.45) is 0.986. The average molecular weight is 376 g/mol. The fourth-order valence-electron chi connectivity index (χ4n) is 2.26. The van der Waals surface area contributed by atoms with Crippen molar-refractivity contribution in [2.45, 2.75) is 27.2 Å². The summed E-state index contributed by atoms with van der Waals surface area (Å²) in [5.41, 5.74) is 0.632. The molecule has 0 N–H and O–H groups in total. The second kappa shape index (κ2) is 9.44. The quantitative estimate of drug-likeness (QED) is 0.676. The second-order valence-electron chi connectivity index (χ2n) is 4.89. The van der Waals surface area contributed by atoms with Crippen LogP contribution in [0.2, 0.25) is 5.02 Å². The Kier molecular flexibility index (Phi) is 8.30. The van der Waals surface area contributed by atoms with Gasteiger partial charge in [-0.05, 0) is 67.1 Å². The maximum absolute atomic E-state index is 12.6. The number of carbonyl (C=O) groups excluding carboxylic acids is 1. The van der Waals surface area contributed by atoms with Gasteiger partial charge in [0, 0.05) is 22.6 Å². The van der Waals surface area contributed by atoms with E-state index < -0.39 is 0 Å². The molecule has 1 aromatic carbocycles. The van der Waals surface area contributed by atoms with Crippen LogP contribution in [0.1, 0.15) is 37.6 Å². The van der Waals surface area contributed by atoms with Crippen molar-refractivity contribution in [1.29, 1.82) is 0 Å². The van der Waals surface area contributed by atoms with E-state index in [9.17, 15) is 4.79 Å². The minimum atomic E-state index is 0.0337. The van der Waals surface area contributed by atoms with Crippen molar-refractivity contribution >= 4 is 33.4 Å². The Bertz CT molecular complexity index is 464. The standard InChI is InChI=1S/C16H24BrClN2O/c1-4-19(5-2)10-7-11-20(6-3)16(21)14-12-13(18)8-9-15(14)17/h8-9,12H,4-7,10-11H2,1-3H3. The summed E-state index contributed by atoms with van der Waals surface area (Å²) < 4.78 is 0.791. The van der Waals surface area contributed by atoms with Gasteiger partial charge in [-0.1, -0.05) is 25.4 Å². The molecular formula is C16H24BrClN2O. The zero-order chi connectivity index (χ0) is 15.8. The molecule has 118 valence electrons. The van der Waals surface area contributed by atoms with E-state index in [0.717, 1.165) is 37.1 Å². The van der Waals surface area contributed by atoms with Crippen molar-refractivity contribution in [3.8, 4) is 0 Å². The molecule has 0 aliphatic carbocycles. The molecule has 0 aliphatic heterocycles. The van der Waals surface area contributed by atoms with Crippen molar-refractivity contribution in [2.75, 3.05) is 32.7 Å². The number of benzene rings is 1. The van der Waals surface area contributed by atoms with Crippen LogP contribution < -0.4 is 0 Å². The minimum Gasteiger partial charge on any atom is -0.339 e. The lowest BCUT2D eigenvalue weighted by Gasteiger charge is -2.24. The molecule has 0 saturated heterocycles. The number of amides is 1. The first-order valence-corrected chi connectivity index (χ1v) is 8.67. The van der Waals surface area contributed by atoms with Crippen molar-refractivity contribution in [3.05, 3.63) is 33.3 Å². The summed E-state index contributed by atoms with van der Waals surface area (Å²) in [6.45, 7) is 10.9. The zero-order valence-corrected chi connectivity index (χ0v) is 15.4. The van der Waals surface area contributed by atoms with E-state index in [2.05, 4.69) is 34.7 Å². The van der Waals surface area contributed by atoms with Gasteiger partial charge in [0.25, 0.3) is 5.91 Å². The molecular weight excluding hydrogens is 352 g/mol. The smallest absolute Gasteiger partial charge is 0.255 e. The lowest BCUT2D eigenvalue weighted by atomic mass is 10.2. The third-order valence-electron chi connectivity index (χ3n) is 3.62. The molecule has 0 atom stereocenters. The maximum atomic E-state index is 12.6. The summed E-state index contributed by atoms with van der Waals surface area (Å²) in [5.74, 6) is 0.0337. The van der Waals surface area contributed by atoms with E-state index in [1.807, 2.05) is 17.9 Å². The molecule has 0 spiro atoms. The van der Waals surface area contributed by atoms with Crippen LogP contribution in [0.3, 0.4) is 0 Å². The number of nitrogens with zero attached hydrogens (tertiary/aromatic N) is 2. The third-order valence-corrected chi connectivity index (χ3v) is 4.55. The van der Waals surface area contributed by atoms with Crippen molar-refractivity contribution < 1.29 is 4.79 Å². The van der Waals surface area contributed by atoms with E-state index in [1.54, 1.807) is 12.1 Å². The second-order valence-corrected chi connectivity index (χ2v) is 6.18. The lowest BCUT2D eigenvalue weighted by molar-refractivity contribution is 0.0756. The monoisotopic (exact) mass is 374 g/mol. The highest BCUT2D eigenvalue weighted by atomic mass is 79.9. The Hall–Kier alpha value is -0.580. The van der Waals surface area contributed by atoms with Gasteiger partial charge in [-0.25, -0.2) is 0 Å². The number of rotatable bonds is 8. The molecule has 3 nitrogen and oxygen atoms in total. The van der Waals surface area contributed by atoms with E-state index >= 15 is 0 Å². The van der Waals surface area contributed by atoms with Crippen LogP contribution in [-0.4, -0.2) is 48.4 Å². The van der Waals surface area contributed by atoms with E-state index in [4.69, 9.17) is 11.6 Å². The van der Waals surface area contributed by atoms with Crippen LogP contribution in [0.15, 0.2) is 22.7 Å². The molecule has 0 saturated carbocycles. The Morgan fingerprint density at radius 1 is 1.14 bits per heavy atom. The van der Waals surface area contributed by atoms with Gasteiger partial charge in [-0.3, -0.25) is 4.79 Å². The number of hydrogen-bond donors (Lipinski definition) is 0. The SMILES string of the molecule is CCN(CC)CCCN(CC)C(=O)c1cc(Cl)ccc1Br. The number of halogens is 2. The average Bonchev–Trinajstić information content (AvgIpc) is 2.49. The fourth-order valence-corrected chi connectivity index (χ4v) is 2.85. The highest BCUT2D eigenvalue weighted by Crippen LogP contribution is 2.22. The Morgan fingerprint density at radius 3 is 2.38 bits per heavy atom. The summed E-state index contributed by atoms with van der Waals surface area (Å²) >= 11 is 9.42. The molecule has 0 unspecified atom stereocenters. The van der Waals surface area contributed by atoms with Crippen LogP contribution in [0.4, 0.5) is 0 Å². The Labute approximate surface area is 141 Å². The van der Waals surface area contributed by atoms with Crippen LogP contribution in [0.25, 0.3) is 0 Å². The molecule has 0 fully saturated rings. The first-order valence-electron chi connectivity index (χ1n) is 7.50. The van der Waals surface area contributed by atoms with Crippen molar-refractivity contribution in [3.63, 3.8) is 0 Å². The normalized spacial score (nSPS) is 11.0. The Morgan fingerprint density at radius 2 is 1.81 bits per heavy atom. The molecule has 0 radical (unpaired) electrons. The van der Waals surface area contributed by atoms with E-state index in [-0.39, 0.29) is 5.91 Å². The molecule has 0 heterocycles. The lowest BCUT2D eigenvalue weighted by Crippen LogP contribution is -2.34. The van der Waals surface area contributed by atoms with Gasteiger partial charge in [-0.2, -0.15) is 0 Å². The predicted octanol–water partition coefficient (Wildman–Crippen LogP) is 4.30. The predicted molar refractivity (Wildman–Crippen MR) is 93.1 cm³/mol. The molecule has 5 heteroatoms. The van der Waals surface area contributed by atoms with Crippen molar-refractivity contribution in [1.82, 2.24) is 9.80 Å². The number of hydrogen-bond acceptors (Lipinski definition) is 2. The topological polar surface area (TPSA) is 23.6 Å². The van der Waals surface area contributed by atoms with Gasteiger partial charge < -0.3 is 9.80 Å². The summed E-state index contributed by atoms with van der Waals surface area (Å²) in [6, 6.07) is 5.32. The van der Waals surface area contributed by atoms with Crippen LogP contribution in [0.5, 0.6) is 0 Å². The number of carbonyl (C=O) groups is 1. The summed E-state index contributed by atoms with van der Waals surface area (Å²) in [7, 11) is 0. The first-order chi connectivity index (χ1) is 10.0. The Balaban J connectivity index is 2.67. The van der Waals surface area contributed by atoms with Gasteiger partial charge in [0.05, 0.1) is 5.56 Å². The highest BCUT2D eigenvalue weighted by molar-refractivity contribution is 9.10. The van der Waals surface area contributed by atoms with E-state index in [1.165, 1.54) is 0 Å². The summed E-state index contributed by atoms with van der Waals surface area (Å²) in [5, 5.41) is 0.584. The van der Waals surface area contributed by atoms with Gasteiger partial charge >= 0.3 is 0 Å². The van der Waals surface area contributed by atoms with Gasteiger partial charge in [0.1, 0.15) is 0 Å². The van der Waals surface area contributed by atoms with E-state index in [0.29, 0.717) is 17.1 Å². The molecule has 0 aromatic heterocycles. The third kappa shape index (κ3) is 5.61.